The van der Waals surface area contributed by atoms with Gasteiger partial charge in [0.2, 0.25) is 15.0 Å². The lowest BCUT2D eigenvalue weighted by molar-refractivity contribution is 0.102. The molecule has 2 heterocycles. The van der Waals surface area contributed by atoms with Crippen molar-refractivity contribution < 1.29 is 13.2 Å². The van der Waals surface area contributed by atoms with Crippen molar-refractivity contribution >= 4 is 33.0 Å². The summed E-state index contributed by atoms with van der Waals surface area (Å²) in [5, 5.41) is 21.0. The van der Waals surface area contributed by atoms with Crippen molar-refractivity contribution in [2.75, 3.05) is 18.4 Å². The zero-order valence-corrected chi connectivity index (χ0v) is 19.0. The highest BCUT2D eigenvalue weighted by Gasteiger charge is 2.33. The Labute approximate surface area is 190 Å². The van der Waals surface area contributed by atoms with Crippen LogP contribution in [0.4, 0.5) is 5.69 Å². The number of rotatable bonds is 5. The second-order valence-electron chi connectivity index (χ2n) is 7.61. The Hall–Kier alpha value is -3.13. The molecule has 32 heavy (non-hydrogen) atoms. The average molecular weight is 468 g/mol. The molecule has 2 aromatic carbocycles. The van der Waals surface area contributed by atoms with Crippen molar-refractivity contribution in [3.8, 4) is 6.07 Å². The van der Waals surface area contributed by atoms with E-state index in [-0.39, 0.29) is 28.3 Å². The van der Waals surface area contributed by atoms with Crippen LogP contribution < -0.4 is 5.32 Å². The normalized spacial score (nSPS) is 16.9. The van der Waals surface area contributed by atoms with E-state index >= 15 is 0 Å². The molecule has 8 nitrogen and oxygen atoms in total. The number of anilines is 1. The lowest BCUT2D eigenvalue weighted by Gasteiger charge is -2.30. The number of carbonyl (C=O) groups is 1. The van der Waals surface area contributed by atoms with Gasteiger partial charge in [0.25, 0.3) is 5.91 Å². The van der Waals surface area contributed by atoms with E-state index in [2.05, 4.69) is 15.5 Å². The summed E-state index contributed by atoms with van der Waals surface area (Å²) < 4.78 is 27.6. The van der Waals surface area contributed by atoms with Crippen molar-refractivity contribution in [2.24, 2.45) is 0 Å². The van der Waals surface area contributed by atoms with Crippen LogP contribution in [0.25, 0.3) is 0 Å². The van der Waals surface area contributed by atoms with E-state index in [9.17, 15) is 13.2 Å². The Morgan fingerprint density at radius 2 is 2.00 bits per heavy atom. The lowest BCUT2D eigenvalue weighted by atomic mass is 10.0. The second kappa shape index (κ2) is 9.16. The predicted molar refractivity (Wildman–Crippen MR) is 121 cm³/mol. The summed E-state index contributed by atoms with van der Waals surface area (Å²) in [5.74, 6) is -0.484. The minimum Gasteiger partial charge on any atom is -0.320 e. The number of hydrogen-bond donors (Lipinski definition) is 1. The van der Waals surface area contributed by atoms with Crippen molar-refractivity contribution in [1.29, 1.82) is 5.26 Å². The van der Waals surface area contributed by atoms with Crippen molar-refractivity contribution in [1.82, 2.24) is 14.5 Å². The molecule has 0 aliphatic carbocycles. The molecule has 1 fully saturated rings. The second-order valence-corrected chi connectivity index (χ2v) is 10.6. The van der Waals surface area contributed by atoms with Gasteiger partial charge in [0, 0.05) is 24.7 Å². The van der Waals surface area contributed by atoms with Gasteiger partial charge in [0.05, 0.1) is 16.5 Å². The number of sulfonamides is 1. The molecular weight excluding hydrogens is 446 g/mol. The third-order valence-electron chi connectivity index (χ3n) is 5.28. The minimum atomic E-state index is -3.73. The zero-order valence-electron chi connectivity index (χ0n) is 17.4. The fourth-order valence-electron chi connectivity index (χ4n) is 3.55. The summed E-state index contributed by atoms with van der Waals surface area (Å²) in [6.45, 7) is 2.62. The molecule has 1 amide bonds. The fourth-order valence-corrected chi connectivity index (χ4v) is 5.98. The van der Waals surface area contributed by atoms with Crippen molar-refractivity contribution in [2.45, 2.75) is 30.6 Å². The number of aromatic nitrogens is 2. The van der Waals surface area contributed by atoms with Crippen molar-refractivity contribution in [3.05, 3.63) is 69.7 Å². The van der Waals surface area contributed by atoms with Gasteiger partial charge in [-0.2, -0.15) is 9.57 Å². The molecule has 1 saturated heterocycles. The minimum absolute atomic E-state index is 0.104. The molecule has 4 rings (SSSR count). The van der Waals surface area contributed by atoms with Crippen LogP contribution in [0.15, 0.2) is 53.4 Å². The average Bonchev–Trinajstić information content (AvgIpc) is 3.31. The topological polar surface area (TPSA) is 116 Å². The monoisotopic (exact) mass is 467 g/mol. The molecule has 1 N–H and O–H groups in total. The van der Waals surface area contributed by atoms with Crippen LogP contribution in [0.2, 0.25) is 0 Å². The van der Waals surface area contributed by atoms with Crippen LogP contribution in [-0.4, -0.2) is 41.9 Å². The Morgan fingerprint density at radius 1 is 1.22 bits per heavy atom. The maximum absolute atomic E-state index is 13.1. The van der Waals surface area contributed by atoms with E-state index in [1.165, 1.54) is 27.8 Å². The number of carbonyl (C=O) groups excluding carboxylic acids is 1. The number of hydrogen-bond acceptors (Lipinski definition) is 7. The largest absolute Gasteiger partial charge is 0.320 e. The zero-order chi connectivity index (χ0) is 22.7. The standard InChI is InChI=1S/C22H21N5O3S2/c1-15-7-9-18(10-8-15)24-20(28)22-26-25-21(31-22)17-5-3-11-27(14-17)32(29,30)19-6-2-4-16(12-19)13-23/h2,4,6-10,12,17H,3,5,11,14H2,1H3,(H,24,28). The molecule has 1 aromatic heterocycles. The van der Waals surface area contributed by atoms with Gasteiger partial charge in [-0.25, -0.2) is 8.42 Å². The molecule has 1 aliphatic heterocycles. The van der Waals surface area contributed by atoms with Crippen LogP contribution in [0.1, 0.15) is 44.7 Å². The molecule has 164 valence electrons. The maximum atomic E-state index is 13.1. The van der Waals surface area contributed by atoms with Crippen LogP contribution in [0.3, 0.4) is 0 Å². The summed E-state index contributed by atoms with van der Waals surface area (Å²) in [7, 11) is -3.73. The number of nitrogens with zero attached hydrogens (tertiary/aromatic N) is 4. The van der Waals surface area contributed by atoms with Gasteiger partial charge in [0.15, 0.2) is 0 Å². The van der Waals surface area contributed by atoms with Gasteiger partial charge in [-0.15, -0.1) is 10.2 Å². The molecule has 0 spiro atoms. The van der Waals surface area contributed by atoms with Crippen LogP contribution in [0, 0.1) is 18.3 Å². The fraction of sp³-hybridized carbons (Fsp3) is 0.273. The highest BCUT2D eigenvalue weighted by molar-refractivity contribution is 7.89. The Kier molecular flexibility index (Phi) is 6.32. The molecule has 3 aromatic rings. The van der Waals surface area contributed by atoms with Gasteiger partial charge in [-0.05, 0) is 50.1 Å². The Morgan fingerprint density at radius 3 is 2.75 bits per heavy atom. The van der Waals surface area contributed by atoms with Gasteiger partial charge in [0.1, 0.15) is 5.01 Å². The number of benzene rings is 2. The Bertz CT molecular complexity index is 1280. The lowest BCUT2D eigenvalue weighted by Crippen LogP contribution is -2.39. The molecular formula is C22H21N5O3S2. The molecule has 0 radical (unpaired) electrons. The summed E-state index contributed by atoms with van der Waals surface area (Å²) >= 11 is 1.19. The van der Waals surface area contributed by atoms with Gasteiger partial charge in [-0.1, -0.05) is 35.1 Å². The summed E-state index contributed by atoms with van der Waals surface area (Å²) in [5.41, 5.74) is 2.07. The summed E-state index contributed by atoms with van der Waals surface area (Å²) in [6, 6.07) is 15.4. The number of aryl methyl sites for hydroxylation is 1. The predicted octanol–water partition coefficient (Wildman–Crippen LogP) is 3.54. The van der Waals surface area contributed by atoms with E-state index < -0.39 is 10.0 Å². The van der Waals surface area contributed by atoms with Crippen molar-refractivity contribution in [3.63, 3.8) is 0 Å². The Balaban J connectivity index is 1.48. The van der Waals surface area contributed by atoms with E-state index in [0.29, 0.717) is 29.2 Å². The van der Waals surface area contributed by atoms with Crippen LogP contribution in [0.5, 0.6) is 0 Å². The first-order valence-electron chi connectivity index (χ1n) is 10.1. The van der Waals surface area contributed by atoms with E-state index in [0.717, 1.165) is 12.0 Å². The van der Waals surface area contributed by atoms with E-state index in [4.69, 9.17) is 5.26 Å². The SMILES string of the molecule is Cc1ccc(NC(=O)c2nnc(C3CCCN(S(=O)(=O)c4cccc(C#N)c4)C3)s2)cc1. The van der Waals surface area contributed by atoms with Gasteiger partial charge >= 0.3 is 0 Å². The highest BCUT2D eigenvalue weighted by atomic mass is 32.2. The summed E-state index contributed by atoms with van der Waals surface area (Å²) in [4.78, 5) is 12.6. The molecule has 10 heteroatoms. The number of amides is 1. The third-order valence-corrected chi connectivity index (χ3v) is 8.22. The molecule has 1 aliphatic rings. The first-order valence-corrected chi connectivity index (χ1v) is 12.3. The van der Waals surface area contributed by atoms with Gasteiger partial charge in [-0.3, -0.25) is 4.79 Å². The molecule has 1 unspecified atom stereocenters. The number of piperidine rings is 1. The van der Waals surface area contributed by atoms with E-state index in [1.807, 2.05) is 37.3 Å². The third kappa shape index (κ3) is 4.70. The quantitative estimate of drug-likeness (QED) is 0.614. The maximum Gasteiger partial charge on any atom is 0.286 e. The van der Waals surface area contributed by atoms with Crippen LogP contribution in [-0.2, 0) is 10.0 Å². The van der Waals surface area contributed by atoms with E-state index in [1.54, 1.807) is 12.1 Å². The highest BCUT2D eigenvalue weighted by Crippen LogP contribution is 2.32. The smallest absolute Gasteiger partial charge is 0.286 e. The van der Waals surface area contributed by atoms with Crippen LogP contribution >= 0.6 is 11.3 Å². The van der Waals surface area contributed by atoms with Gasteiger partial charge < -0.3 is 5.32 Å². The summed E-state index contributed by atoms with van der Waals surface area (Å²) in [6.07, 6.45) is 1.44. The first kappa shape index (κ1) is 22.1. The molecule has 0 bridgehead atoms. The number of nitrogens with one attached hydrogen (secondary N) is 1. The first-order chi connectivity index (χ1) is 15.4. The number of nitriles is 1. The molecule has 0 saturated carbocycles. The molecule has 1 atom stereocenters.